The zero-order valence-corrected chi connectivity index (χ0v) is 17.7. The maximum Gasteiger partial charge on any atom is 0.228 e. The highest BCUT2D eigenvalue weighted by atomic mass is 16.2. The highest BCUT2D eigenvalue weighted by molar-refractivity contribution is 5.82. The first kappa shape index (κ1) is 20.4. The first-order valence-corrected chi connectivity index (χ1v) is 11.0. The van der Waals surface area contributed by atoms with Gasteiger partial charge in [0.25, 0.3) is 0 Å². The average Bonchev–Trinajstić information content (AvgIpc) is 2.67. The summed E-state index contributed by atoms with van der Waals surface area (Å²) in [5.74, 6) is 1.01. The van der Waals surface area contributed by atoms with E-state index < -0.39 is 0 Å². The van der Waals surface area contributed by atoms with Crippen molar-refractivity contribution in [2.75, 3.05) is 33.2 Å². The quantitative estimate of drug-likeness (QED) is 0.726. The summed E-state index contributed by atoms with van der Waals surface area (Å²) in [4.78, 5) is 17.7. The Morgan fingerprint density at radius 2 is 1.93 bits per heavy atom. The van der Waals surface area contributed by atoms with Crippen molar-refractivity contribution in [2.45, 2.75) is 65.2 Å². The fourth-order valence-electron chi connectivity index (χ4n) is 5.15. The number of benzene rings is 1. The van der Waals surface area contributed by atoms with Crippen LogP contribution in [0.1, 0.15) is 63.0 Å². The van der Waals surface area contributed by atoms with Gasteiger partial charge in [-0.25, -0.2) is 0 Å². The molecule has 150 valence electrons. The lowest BCUT2D eigenvalue weighted by atomic mass is 9.74. The molecule has 0 spiro atoms. The van der Waals surface area contributed by atoms with Crippen molar-refractivity contribution in [3.63, 3.8) is 0 Å². The number of aryl methyl sites for hydroxylation is 1. The molecule has 1 saturated carbocycles. The summed E-state index contributed by atoms with van der Waals surface area (Å²) in [6, 6.07) is 8.73. The maximum atomic E-state index is 13.0. The van der Waals surface area contributed by atoms with Crippen molar-refractivity contribution < 1.29 is 4.79 Å². The molecule has 0 bridgehead atoms. The largest absolute Gasteiger partial charge is 0.345 e. The Morgan fingerprint density at radius 3 is 2.67 bits per heavy atom. The van der Waals surface area contributed by atoms with Crippen LogP contribution in [-0.2, 0) is 11.2 Å². The van der Waals surface area contributed by atoms with E-state index in [0.29, 0.717) is 11.8 Å². The summed E-state index contributed by atoms with van der Waals surface area (Å²) in [5.41, 5.74) is 2.76. The van der Waals surface area contributed by atoms with E-state index in [0.717, 1.165) is 38.9 Å². The third-order valence-corrected chi connectivity index (χ3v) is 6.91. The first-order valence-electron chi connectivity index (χ1n) is 11.0. The molecule has 1 aliphatic heterocycles. The Kier molecular flexibility index (Phi) is 6.97. The van der Waals surface area contributed by atoms with Crippen LogP contribution in [0.3, 0.4) is 0 Å². The molecule has 3 heteroatoms. The fraction of sp³-hybridized carbons (Fsp3) is 0.708. The molecule has 1 aliphatic carbocycles. The van der Waals surface area contributed by atoms with Gasteiger partial charge in [-0.15, -0.1) is 0 Å². The maximum absolute atomic E-state index is 13.0. The molecule has 0 aromatic heterocycles. The average molecular weight is 371 g/mol. The smallest absolute Gasteiger partial charge is 0.228 e. The van der Waals surface area contributed by atoms with Crippen LogP contribution >= 0.6 is 0 Å². The van der Waals surface area contributed by atoms with Crippen LogP contribution in [0.15, 0.2) is 24.3 Å². The van der Waals surface area contributed by atoms with E-state index in [9.17, 15) is 4.79 Å². The van der Waals surface area contributed by atoms with Crippen LogP contribution in [0.25, 0.3) is 0 Å². The molecule has 1 atom stereocenters. The van der Waals surface area contributed by atoms with E-state index in [1.54, 1.807) is 0 Å². The molecular weight excluding hydrogens is 332 g/mol. The third kappa shape index (κ3) is 5.34. The second kappa shape index (κ2) is 9.23. The Balaban J connectivity index is 1.49. The lowest BCUT2D eigenvalue weighted by Crippen LogP contribution is -2.46. The van der Waals surface area contributed by atoms with Crippen molar-refractivity contribution in [3.05, 3.63) is 35.4 Å². The van der Waals surface area contributed by atoms with Gasteiger partial charge >= 0.3 is 0 Å². The molecule has 0 unspecified atom stereocenters. The van der Waals surface area contributed by atoms with Crippen molar-refractivity contribution in [1.82, 2.24) is 9.80 Å². The monoisotopic (exact) mass is 370 g/mol. The highest BCUT2D eigenvalue weighted by Crippen LogP contribution is 2.37. The Bertz CT molecular complexity index is 621. The minimum absolute atomic E-state index is 0.105. The summed E-state index contributed by atoms with van der Waals surface area (Å²) >= 11 is 0. The van der Waals surface area contributed by atoms with Gasteiger partial charge in [0.05, 0.1) is 0 Å². The SMILES string of the molecule is Cc1ccccc1CCN1CCC[C@H](CN(C)C(=O)C2(C)CCCCC2)C1. The van der Waals surface area contributed by atoms with Gasteiger partial charge in [0.1, 0.15) is 0 Å². The van der Waals surface area contributed by atoms with Gasteiger partial charge in [-0.3, -0.25) is 4.79 Å². The molecule has 1 aromatic rings. The number of amides is 1. The van der Waals surface area contributed by atoms with Crippen molar-refractivity contribution >= 4 is 5.91 Å². The normalized spacial score (nSPS) is 23.1. The van der Waals surface area contributed by atoms with Gasteiger partial charge in [-0.05, 0) is 62.6 Å². The molecule has 1 saturated heterocycles. The number of hydrogen-bond donors (Lipinski definition) is 0. The van der Waals surface area contributed by atoms with Crippen molar-refractivity contribution in [3.8, 4) is 0 Å². The van der Waals surface area contributed by atoms with Gasteiger partial charge < -0.3 is 9.80 Å². The zero-order valence-electron chi connectivity index (χ0n) is 17.7. The van der Waals surface area contributed by atoms with Crippen molar-refractivity contribution in [1.29, 1.82) is 0 Å². The number of piperidine rings is 1. The summed E-state index contributed by atoms with van der Waals surface area (Å²) in [6.45, 7) is 8.81. The fourth-order valence-corrected chi connectivity index (χ4v) is 5.15. The van der Waals surface area contributed by atoms with Crippen LogP contribution in [0.2, 0.25) is 0 Å². The number of hydrogen-bond acceptors (Lipinski definition) is 2. The standard InChI is InChI=1S/C24H38N2O/c1-20-10-5-6-12-22(20)13-17-26-16-9-11-21(19-26)18-25(3)23(27)24(2)14-7-4-8-15-24/h5-6,10,12,21H,4,7-9,11,13-19H2,1-3H3/t21-/m1/s1. The Hall–Kier alpha value is -1.35. The second-order valence-electron chi connectivity index (χ2n) is 9.29. The van der Waals surface area contributed by atoms with Gasteiger partial charge in [0, 0.05) is 32.1 Å². The molecule has 3 nitrogen and oxygen atoms in total. The molecule has 2 fully saturated rings. The van der Waals surface area contributed by atoms with Gasteiger partial charge in [-0.2, -0.15) is 0 Å². The zero-order chi connectivity index (χ0) is 19.3. The van der Waals surface area contributed by atoms with E-state index in [4.69, 9.17) is 0 Å². The number of carbonyl (C=O) groups is 1. The van der Waals surface area contributed by atoms with Gasteiger partial charge in [0.15, 0.2) is 0 Å². The molecule has 0 N–H and O–H groups in total. The van der Waals surface area contributed by atoms with Crippen LogP contribution in [0, 0.1) is 18.3 Å². The van der Waals surface area contributed by atoms with E-state index >= 15 is 0 Å². The topological polar surface area (TPSA) is 23.6 Å². The minimum Gasteiger partial charge on any atom is -0.345 e. The van der Waals surface area contributed by atoms with Crippen LogP contribution in [-0.4, -0.2) is 48.9 Å². The van der Waals surface area contributed by atoms with Gasteiger partial charge in [-0.1, -0.05) is 50.5 Å². The summed E-state index contributed by atoms with van der Waals surface area (Å²) in [5, 5.41) is 0. The van der Waals surface area contributed by atoms with Crippen LogP contribution in [0.4, 0.5) is 0 Å². The predicted molar refractivity (Wildman–Crippen MR) is 113 cm³/mol. The molecule has 1 heterocycles. The van der Waals surface area contributed by atoms with E-state index in [-0.39, 0.29) is 5.41 Å². The summed E-state index contributed by atoms with van der Waals surface area (Å²) in [6.07, 6.45) is 9.52. The summed E-state index contributed by atoms with van der Waals surface area (Å²) in [7, 11) is 2.04. The van der Waals surface area contributed by atoms with Crippen LogP contribution < -0.4 is 0 Å². The predicted octanol–water partition coefficient (Wildman–Crippen LogP) is 4.68. The molecule has 1 aromatic carbocycles. The van der Waals surface area contributed by atoms with E-state index in [1.165, 1.54) is 49.8 Å². The minimum atomic E-state index is -0.105. The molecule has 3 rings (SSSR count). The number of rotatable bonds is 6. The van der Waals surface area contributed by atoms with Gasteiger partial charge in [0.2, 0.25) is 5.91 Å². The molecule has 1 amide bonds. The molecule has 2 aliphatic rings. The highest BCUT2D eigenvalue weighted by Gasteiger charge is 2.37. The molecule has 27 heavy (non-hydrogen) atoms. The Morgan fingerprint density at radius 1 is 1.19 bits per heavy atom. The van der Waals surface area contributed by atoms with Crippen molar-refractivity contribution in [2.24, 2.45) is 11.3 Å². The molecule has 0 radical (unpaired) electrons. The Labute approximate surface area is 166 Å². The lowest BCUT2D eigenvalue weighted by molar-refractivity contribution is -0.142. The second-order valence-corrected chi connectivity index (χ2v) is 9.29. The van der Waals surface area contributed by atoms with E-state index in [2.05, 4.69) is 47.9 Å². The number of nitrogens with zero attached hydrogens (tertiary/aromatic N) is 2. The lowest BCUT2D eigenvalue weighted by Gasteiger charge is -2.39. The first-order chi connectivity index (χ1) is 13.0. The van der Waals surface area contributed by atoms with E-state index in [1.807, 2.05) is 7.05 Å². The summed E-state index contributed by atoms with van der Waals surface area (Å²) < 4.78 is 0. The van der Waals surface area contributed by atoms with Crippen LogP contribution in [0.5, 0.6) is 0 Å². The number of likely N-dealkylation sites (tertiary alicyclic amines) is 1. The molecular formula is C24H38N2O. The number of carbonyl (C=O) groups excluding carboxylic acids is 1. The third-order valence-electron chi connectivity index (χ3n) is 6.91.